The van der Waals surface area contributed by atoms with Gasteiger partial charge in [0.25, 0.3) is 0 Å². The monoisotopic (exact) mass is 216 g/mol. The molecule has 2 heterocycles. The Balaban J connectivity index is 2.21. The number of nitrogens with zero attached hydrogens (tertiary/aromatic N) is 4. The van der Waals surface area contributed by atoms with Crippen molar-refractivity contribution in [2.24, 2.45) is 5.41 Å². The lowest BCUT2D eigenvalue weighted by Gasteiger charge is -2.14. The molecule has 0 unspecified atom stereocenters. The second kappa shape index (κ2) is 4.04. The first-order chi connectivity index (χ1) is 7.54. The molecule has 0 aliphatic heterocycles. The van der Waals surface area contributed by atoms with Crippen LogP contribution < -0.4 is 0 Å². The maximum atomic E-state index is 4.44. The fraction of sp³-hybridized carbons (Fsp3) is 0.417. The van der Waals surface area contributed by atoms with Crippen molar-refractivity contribution in [3.05, 3.63) is 36.7 Å². The lowest BCUT2D eigenvalue weighted by atomic mass is 9.92. The van der Waals surface area contributed by atoms with Crippen LogP contribution in [0.25, 0.3) is 5.69 Å². The van der Waals surface area contributed by atoms with Crippen LogP contribution in [0.4, 0.5) is 0 Å². The Hall–Kier alpha value is -1.71. The highest BCUT2D eigenvalue weighted by Gasteiger charge is 2.14. The van der Waals surface area contributed by atoms with E-state index in [-0.39, 0.29) is 5.41 Å². The van der Waals surface area contributed by atoms with Crippen molar-refractivity contribution in [2.75, 3.05) is 0 Å². The minimum absolute atomic E-state index is 0.213. The Kier molecular flexibility index (Phi) is 2.73. The lowest BCUT2D eigenvalue weighted by Crippen LogP contribution is -2.10. The molecule has 4 heteroatoms. The van der Waals surface area contributed by atoms with Crippen molar-refractivity contribution >= 4 is 0 Å². The van der Waals surface area contributed by atoms with E-state index in [1.807, 2.05) is 12.1 Å². The molecule has 0 bridgehead atoms. The molecule has 0 fully saturated rings. The van der Waals surface area contributed by atoms with Gasteiger partial charge in [0.05, 0.1) is 5.69 Å². The molecule has 0 atom stereocenters. The number of hydrogen-bond donors (Lipinski definition) is 0. The first kappa shape index (κ1) is 10.8. The Morgan fingerprint density at radius 2 is 1.88 bits per heavy atom. The van der Waals surface area contributed by atoms with Crippen LogP contribution in [-0.2, 0) is 6.42 Å². The van der Waals surface area contributed by atoms with Crippen LogP contribution in [0.2, 0.25) is 0 Å². The van der Waals surface area contributed by atoms with Crippen LogP contribution in [-0.4, -0.2) is 19.7 Å². The molecule has 0 N–H and O–H groups in total. The molecule has 16 heavy (non-hydrogen) atoms. The van der Waals surface area contributed by atoms with Gasteiger partial charge in [-0.3, -0.25) is 4.98 Å². The van der Waals surface area contributed by atoms with E-state index >= 15 is 0 Å². The van der Waals surface area contributed by atoms with Crippen LogP contribution in [0.15, 0.2) is 30.9 Å². The second-order valence-electron chi connectivity index (χ2n) is 5.05. The molecular weight excluding hydrogens is 200 g/mol. The predicted molar refractivity (Wildman–Crippen MR) is 62.3 cm³/mol. The van der Waals surface area contributed by atoms with Gasteiger partial charge in [0, 0.05) is 18.8 Å². The summed E-state index contributed by atoms with van der Waals surface area (Å²) in [5.41, 5.74) is 1.20. The normalized spacial score (nSPS) is 11.7. The first-order valence-electron chi connectivity index (χ1n) is 5.35. The highest BCUT2D eigenvalue weighted by atomic mass is 15.3. The molecule has 2 aromatic heterocycles. The fourth-order valence-electron chi connectivity index (χ4n) is 1.47. The van der Waals surface area contributed by atoms with Crippen LogP contribution in [0.1, 0.15) is 26.6 Å². The van der Waals surface area contributed by atoms with E-state index < -0.39 is 0 Å². The minimum Gasteiger partial charge on any atom is -0.265 e. The molecule has 4 nitrogen and oxygen atoms in total. The maximum absolute atomic E-state index is 4.44. The van der Waals surface area contributed by atoms with E-state index in [1.165, 1.54) is 0 Å². The summed E-state index contributed by atoms with van der Waals surface area (Å²) < 4.78 is 1.78. The van der Waals surface area contributed by atoms with Crippen LogP contribution in [0.5, 0.6) is 0 Å². The standard InChI is InChI=1S/C12H16N4/c1-12(2,3)8-11-14-9-16(15-11)10-4-6-13-7-5-10/h4-7,9H,8H2,1-3H3. The molecule has 2 rings (SSSR count). The maximum Gasteiger partial charge on any atom is 0.151 e. The number of aromatic nitrogens is 4. The molecule has 0 radical (unpaired) electrons. The molecular formula is C12H16N4. The third-order valence-electron chi connectivity index (χ3n) is 2.16. The van der Waals surface area contributed by atoms with Gasteiger partial charge in [-0.2, -0.15) is 5.10 Å². The van der Waals surface area contributed by atoms with Gasteiger partial charge in [0.1, 0.15) is 6.33 Å². The van der Waals surface area contributed by atoms with E-state index in [2.05, 4.69) is 35.8 Å². The van der Waals surface area contributed by atoms with Gasteiger partial charge in [0.2, 0.25) is 0 Å². The molecule has 0 aromatic carbocycles. The summed E-state index contributed by atoms with van der Waals surface area (Å²) in [5.74, 6) is 0.879. The number of rotatable bonds is 2. The highest BCUT2D eigenvalue weighted by Crippen LogP contribution is 2.18. The Labute approximate surface area is 95.4 Å². The summed E-state index contributed by atoms with van der Waals surface area (Å²) in [6.07, 6.45) is 6.13. The van der Waals surface area contributed by atoms with Gasteiger partial charge in [-0.25, -0.2) is 9.67 Å². The zero-order valence-corrected chi connectivity index (χ0v) is 9.88. The summed E-state index contributed by atoms with van der Waals surface area (Å²) in [7, 11) is 0. The highest BCUT2D eigenvalue weighted by molar-refractivity contribution is 5.26. The first-order valence-corrected chi connectivity index (χ1v) is 5.35. The van der Waals surface area contributed by atoms with E-state index in [9.17, 15) is 0 Å². The van der Waals surface area contributed by atoms with Crippen LogP contribution >= 0.6 is 0 Å². The van der Waals surface area contributed by atoms with E-state index in [0.717, 1.165) is 17.9 Å². The molecule has 0 saturated heterocycles. The average molecular weight is 216 g/mol. The summed E-state index contributed by atoms with van der Waals surface area (Å²) in [4.78, 5) is 8.28. The third-order valence-corrected chi connectivity index (χ3v) is 2.16. The van der Waals surface area contributed by atoms with E-state index in [0.29, 0.717) is 0 Å². The summed E-state index contributed by atoms with van der Waals surface area (Å²) >= 11 is 0. The largest absolute Gasteiger partial charge is 0.265 e. The van der Waals surface area contributed by atoms with E-state index in [1.54, 1.807) is 23.4 Å². The Bertz CT molecular complexity index is 453. The summed E-state index contributed by atoms with van der Waals surface area (Å²) in [5, 5.41) is 4.44. The zero-order valence-electron chi connectivity index (χ0n) is 9.88. The summed E-state index contributed by atoms with van der Waals surface area (Å²) in [6, 6.07) is 3.82. The SMILES string of the molecule is CC(C)(C)Cc1ncn(-c2ccncc2)n1. The summed E-state index contributed by atoms with van der Waals surface area (Å²) in [6.45, 7) is 6.54. The van der Waals surface area contributed by atoms with Crippen molar-refractivity contribution in [3.63, 3.8) is 0 Å². The van der Waals surface area contributed by atoms with Crippen molar-refractivity contribution < 1.29 is 0 Å². The zero-order chi connectivity index (χ0) is 11.6. The molecule has 0 amide bonds. The van der Waals surface area contributed by atoms with Crippen molar-refractivity contribution in [2.45, 2.75) is 27.2 Å². The van der Waals surface area contributed by atoms with Crippen molar-refractivity contribution in [1.29, 1.82) is 0 Å². The quantitative estimate of drug-likeness (QED) is 0.773. The second-order valence-corrected chi connectivity index (χ2v) is 5.05. The number of pyridine rings is 1. The molecule has 0 saturated carbocycles. The topological polar surface area (TPSA) is 43.6 Å². The Morgan fingerprint density at radius 3 is 2.50 bits per heavy atom. The lowest BCUT2D eigenvalue weighted by molar-refractivity contribution is 0.400. The predicted octanol–water partition coefficient (Wildman–Crippen LogP) is 2.25. The average Bonchev–Trinajstić information content (AvgIpc) is 2.65. The van der Waals surface area contributed by atoms with Gasteiger partial charge in [-0.15, -0.1) is 0 Å². The van der Waals surface area contributed by atoms with Gasteiger partial charge < -0.3 is 0 Å². The van der Waals surface area contributed by atoms with Gasteiger partial charge in [0.15, 0.2) is 5.82 Å². The molecule has 84 valence electrons. The smallest absolute Gasteiger partial charge is 0.151 e. The van der Waals surface area contributed by atoms with Crippen LogP contribution in [0.3, 0.4) is 0 Å². The van der Waals surface area contributed by atoms with Crippen molar-refractivity contribution in [1.82, 2.24) is 19.7 Å². The van der Waals surface area contributed by atoms with Crippen molar-refractivity contribution in [3.8, 4) is 5.69 Å². The number of hydrogen-bond acceptors (Lipinski definition) is 3. The Morgan fingerprint density at radius 1 is 1.19 bits per heavy atom. The molecule has 0 spiro atoms. The molecule has 2 aromatic rings. The van der Waals surface area contributed by atoms with E-state index in [4.69, 9.17) is 0 Å². The molecule has 0 aliphatic carbocycles. The van der Waals surface area contributed by atoms with Gasteiger partial charge in [-0.1, -0.05) is 20.8 Å². The van der Waals surface area contributed by atoms with Crippen LogP contribution in [0, 0.1) is 5.41 Å². The third kappa shape index (κ3) is 2.66. The van der Waals surface area contributed by atoms with Gasteiger partial charge >= 0.3 is 0 Å². The fourth-order valence-corrected chi connectivity index (χ4v) is 1.47. The minimum atomic E-state index is 0.213. The van der Waals surface area contributed by atoms with Gasteiger partial charge in [-0.05, 0) is 17.5 Å². The molecule has 0 aliphatic rings.